The lowest BCUT2D eigenvalue weighted by Gasteiger charge is -2.30. The number of fused-ring (bicyclic) bond motifs is 20. The highest BCUT2D eigenvalue weighted by atomic mass is 32.2. The number of alkyl halides is 4. The van der Waals surface area contributed by atoms with Gasteiger partial charge in [0.05, 0.1) is 81.3 Å². The number of amides is 4. The van der Waals surface area contributed by atoms with Crippen LogP contribution >= 0.6 is 47.0 Å². The average molecular weight is 1630 g/mol. The molecule has 15 nitrogen and oxygen atoms in total. The Kier molecular flexibility index (Phi) is 26.8. The van der Waals surface area contributed by atoms with E-state index in [1.807, 2.05) is 222 Å². The van der Waals surface area contributed by atoms with E-state index in [-0.39, 0.29) is 64.3 Å². The number of methoxy groups -OCH3 is 3. The predicted molar refractivity (Wildman–Crippen MR) is 464 cm³/mol. The van der Waals surface area contributed by atoms with Crippen LogP contribution in [-0.4, -0.2) is 162 Å². The Balaban J connectivity index is 0.000000134. The largest absolute Gasteiger partial charge is 0.497 e. The van der Waals surface area contributed by atoms with E-state index in [1.165, 1.54) is 0 Å². The van der Waals surface area contributed by atoms with E-state index in [1.54, 1.807) is 68.4 Å². The van der Waals surface area contributed by atoms with Crippen molar-refractivity contribution < 1.29 is 51.0 Å². The first kappa shape index (κ1) is 83.3. The maximum Gasteiger partial charge on any atom is 0.240 e. The van der Waals surface area contributed by atoms with Gasteiger partial charge in [-0.05, 0) is 129 Å². The molecule has 4 aromatic heterocycles. The zero-order chi connectivity index (χ0) is 81.5. The number of thioether (sulfide) groups is 4. The molecule has 23 heteroatoms. The lowest BCUT2D eigenvalue weighted by Crippen LogP contribution is -2.34. The third-order valence-electron chi connectivity index (χ3n) is 22.3. The minimum Gasteiger partial charge on any atom is -0.497 e. The van der Waals surface area contributed by atoms with Gasteiger partial charge in [-0.3, -0.25) is 19.2 Å². The molecular weight excluding hydrogens is 1530 g/mol. The van der Waals surface area contributed by atoms with E-state index in [4.69, 9.17) is 14.2 Å². The number of likely N-dealkylation sites (N-methyl/N-ethyl adjacent to an activating group) is 4. The van der Waals surface area contributed by atoms with Crippen molar-refractivity contribution in [1.29, 1.82) is 0 Å². The minimum atomic E-state index is -0.488. The van der Waals surface area contributed by atoms with Crippen molar-refractivity contribution in [3.63, 3.8) is 0 Å². The summed E-state index contributed by atoms with van der Waals surface area (Å²) in [6.07, 6.45) is 0. The van der Waals surface area contributed by atoms with Crippen molar-refractivity contribution in [2.75, 3.05) is 100 Å². The highest BCUT2D eigenvalue weighted by Gasteiger charge is 2.43. The summed E-state index contributed by atoms with van der Waals surface area (Å²) in [4.78, 5) is 65.7. The number of halogens is 4. The van der Waals surface area contributed by atoms with Gasteiger partial charge in [-0.1, -0.05) is 103 Å². The fourth-order valence-electron chi connectivity index (χ4n) is 16.9. The summed E-state index contributed by atoms with van der Waals surface area (Å²) >= 11 is 6.41. The molecule has 0 radical (unpaired) electrons. The number of rotatable bonds is 23. The Morgan fingerprint density at radius 3 is 1.16 bits per heavy atom. The number of benzene rings is 8. The van der Waals surface area contributed by atoms with Crippen molar-refractivity contribution in [2.24, 2.45) is 0 Å². The third kappa shape index (κ3) is 15.4. The second kappa shape index (κ2) is 37.1. The van der Waals surface area contributed by atoms with Crippen LogP contribution < -0.4 is 14.2 Å². The standard InChI is InChI=1S/3C23H25FN2O2S.C23H25FN2OS/c1-4-25(5-2)23(27)22-19-16-10-8-11-17(28-3)20(16)26(14-13-24)21(19)15-9-6-7-12-18(15)29-22;1-4-25(5-2)23(27)22-20-16-11-10-15(28-3)14-18(16)26(13-12-24)21(20)17-8-6-7-9-19(17)29-22;1-4-25(5-2)23(27)22-20-17-14-15(28-3)10-11-18(17)26(13-12-24)21(20)16-8-6-7-9-19(16)29-22;1-4-25(5-2)23(27)22-19-16-10-6-7-12-18(16)26(14-13-24)20(19)17-11-8-9-15(3)21(17)28-22/h6-12,22H,4-5,13-14H2,1-3H3;2*6-11,14,22H,4-5,12-13H2,1-3H3;6-12,22H,4-5,13-14H2,1-3H3/i4*24-1. The Hall–Kier alpha value is -9.68. The van der Waals surface area contributed by atoms with Gasteiger partial charge in [0.1, 0.15) is 64.9 Å². The van der Waals surface area contributed by atoms with Crippen molar-refractivity contribution in [1.82, 2.24) is 37.9 Å². The van der Waals surface area contributed by atoms with Crippen molar-refractivity contribution >= 4 is 114 Å². The SMILES string of the molecule is CCN(CC)C(=O)C1Sc2c(C)cccc2-c2c1c1ccccc1n2CC[18F].CCN(CC)C(=O)C1Sc2ccccc2-c2c1c1cc(OC)ccc1n2CC[18F].CCN(CC)C(=O)C1Sc2ccccc2-c2c1c1ccc(OC)cc1n2CC[18F].CCN(CC)C(=O)C1Sc2ccccc2-c2c1c1cccc(OC)c1n2CC[18F]. The quantitative estimate of drug-likeness (QED) is 0.0568. The number of ether oxygens (including phenoxy) is 3. The normalized spacial score (nSPS) is 15.2. The average Bonchev–Trinajstić information content (AvgIpc) is 1.60. The molecular formula is C92H100F4N8O7S4. The van der Waals surface area contributed by atoms with Gasteiger partial charge in [0.25, 0.3) is 0 Å². The summed E-state index contributed by atoms with van der Waals surface area (Å²) in [5.41, 5.74) is 16.9. The molecule has 0 N–H and O–H groups in total. The summed E-state index contributed by atoms with van der Waals surface area (Å²) in [6, 6.07) is 56.1. The van der Waals surface area contributed by atoms with E-state index in [9.17, 15) is 36.7 Å². The first-order chi connectivity index (χ1) is 56.0. The summed E-state index contributed by atoms with van der Waals surface area (Å²) < 4.78 is 78.8. The van der Waals surface area contributed by atoms with E-state index in [0.29, 0.717) is 64.7 Å². The highest BCUT2D eigenvalue weighted by molar-refractivity contribution is 8.01. The monoisotopic (exact) mass is 1630 g/mol. The fourth-order valence-corrected chi connectivity index (χ4v) is 22.2. The Bertz CT molecular complexity index is 5500. The van der Waals surface area contributed by atoms with Gasteiger partial charge >= 0.3 is 0 Å². The van der Waals surface area contributed by atoms with Crippen LogP contribution in [0.25, 0.3) is 88.6 Å². The van der Waals surface area contributed by atoms with E-state index < -0.39 is 26.7 Å². The van der Waals surface area contributed by atoms with Crippen LogP contribution in [0, 0.1) is 6.92 Å². The molecule has 8 heterocycles. The molecule has 0 saturated carbocycles. The summed E-state index contributed by atoms with van der Waals surface area (Å²) in [6.45, 7) is 22.6. The Morgan fingerprint density at radius 2 is 0.696 bits per heavy atom. The molecule has 0 spiro atoms. The molecule has 4 amide bonds. The zero-order valence-corrected chi connectivity index (χ0v) is 70.6. The second-order valence-corrected chi connectivity index (χ2v) is 32.6. The number of nitrogens with zero attached hydrogens (tertiary/aromatic N) is 8. The van der Waals surface area contributed by atoms with Gasteiger partial charge in [-0.2, -0.15) is 0 Å². The number of aromatic nitrogens is 4. The first-order valence-corrected chi connectivity index (χ1v) is 43.2. The number of aryl methyl sites for hydroxylation is 5. The molecule has 16 rings (SSSR count). The minimum absolute atomic E-state index is 0.0953. The van der Waals surface area contributed by atoms with Crippen LogP contribution in [-0.2, 0) is 45.4 Å². The molecule has 0 saturated heterocycles. The maximum atomic E-state index is 13.6. The topological polar surface area (TPSA) is 129 Å². The molecule has 602 valence electrons. The maximum absolute atomic E-state index is 13.6. The van der Waals surface area contributed by atoms with Gasteiger partial charge in [-0.15, -0.1) is 47.0 Å². The third-order valence-corrected chi connectivity index (χ3v) is 27.6. The van der Waals surface area contributed by atoms with Crippen LogP contribution in [0.3, 0.4) is 0 Å². The first-order valence-electron chi connectivity index (χ1n) is 39.7. The van der Waals surface area contributed by atoms with Gasteiger partial charge in [-0.25, -0.2) is 17.6 Å². The lowest BCUT2D eigenvalue weighted by atomic mass is 9.99. The fraction of sp³-hybridized carbons (Fsp3) is 0.348. The Morgan fingerprint density at radius 1 is 0.348 bits per heavy atom. The molecule has 4 atom stereocenters. The van der Waals surface area contributed by atoms with Crippen molar-refractivity contribution in [2.45, 2.75) is 129 Å². The van der Waals surface area contributed by atoms with Crippen LogP contribution in [0.1, 0.15) is 104 Å². The molecule has 4 unspecified atom stereocenters. The predicted octanol–water partition coefficient (Wildman–Crippen LogP) is 21.5. The van der Waals surface area contributed by atoms with Crippen molar-refractivity contribution in [3.8, 4) is 62.3 Å². The van der Waals surface area contributed by atoms with Crippen LogP contribution in [0.4, 0.5) is 17.6 Å². The lowest BCUT2D eigenvalue weighted by molar-refractivity contribution is -0.131. The highest BCUT2D eigenvalue weighted by Crippen LogP contribution is 2.59. The Labute approximate surface area is 688 Å². The smallest absolute Gasteiger partial charge is 0.240 e. The van der Waals surface area contributed by atoms with Gasteiger partial charge in [0.2, 0.25) is 23.6 Å². The summed E-state index contributed by atoms with van der Waals surface area (Å²) in [7, 11) is 4.89. The van der Waals surface area contributed by atoms with Gasteiger partial charge < -0.3 is 52.1 Å². The van der Waals surface area contributed by atoms with E-state index in [2.05, 4.69) is 47.9 Å². The molecule has 4 aliphatic heterocycles. The van der Waals surface area contributed by atoms with Gasteiger partial charge in [0, 0.05) is 155 Å². The molecule has 115 heavy (non-hydrogen) atoms. The van der Waals surface area contributed by atoms with Gasteiger partial charge in [0.15, 0.2) is 0 Å². The summed E-state index contributed by atoms with van der Waals surface area (Å²) in [5.74, 6) is 2.58. The molecule has 12 aromatic rings. The number of para-hydroxylation sites is 2. The molecule has 0 fully saturated rings. The summed E-state index contributed by atoms with van der Waals surface area (Å²) in [5, 5.41) is 2.56. The van der Waals surface area contributed by atoms with Crippen LogP contribution in [0.2, 0.25) is 0 Å². The molecule has 0 bridgehead atoms. The second-order valence-electron chi connectivity index (χ2n) is 28.0. The van der Waals surface area contributed by atoms with Crippen LogP contribution in [0.15, 0.2) is 189 Å². The van der Waals surface area contributed by atoms with E-state index >= 15 is 0 Å². The number of hydrogen-bond acceptors (Lipinski definition) is 11. The zero-order valence-electron chi connectivity index (χ0n) is 67.4. The van der Waals surface area contributed by atoms with E-state index in [0.717, 1.165) is 148 Å². The number of carbonyl (C=O) groups excluding carboxylic acids is 4. The molecule has 4 aliphatic rings. The molecule has 0 aliphatic carbocycles. The van der Waals surface area contributed by atoms with Crippen LogP contribution in [0.5, 0.6) is 17.2 Å². The molecule has 8 aromatic carbocycles. The van der Waals surface area contributed by atoms with Crippen molar-refractivity contribution in [3.05, 3.63) is 198 Å². The number of carbonyl (C=O) groups is 4. The number of hydrogen-bond donors (Lipinski definition) is 0.